The summed E-state index contributed by atoms with van der Waals surface area (Å²) in [7, 11) is 3.21. The minimum atomic E-state index is -4.57. The zero-order valence-electron chi connectivity index (χ0n) is 22.9. The van der Waals surface area contributed by atoms with Crippen molar-refractivity contribution in [2.45, 2.75) is 13.1 Å². The van der Waals surface area contributed by atoms with Crippen LogP contribution in [0.25, 0.3) is 16.3 Å². The van der Waals surface area contributed by atoms with E-state index in [1.54, 1.807) is 30.5 Å². The number of alkyl halides is 3. The van der Waals surface area contributed by atoms with Crippen molar-refractivity contribution in [3.05, 3.63) is 65.5 Å². The average Bonchev–Trinajstić information content (AvgIpc) is 3.63. The molecule has 2 aromatic heterocycles. The van der Waals surface area contributed by atoms with Crippen molar-refractivity contribution in [2.75, 3.05) is 55.9 Å². The fourth-order valence-corrected chi connectivity index (χ4v) is 5.13. The molecular formula is C27H27F3N8O3S. The molecule has 0 radical (unpaired) electrons. The Bertz CT molecular complexity index is 1610. The van der Waals surface area contributed by atoms with Gasteiger partial charge in [0.05, 0.1) is 29.4 Å². The Hall–Kier alpha value is -4.50. The zero-order valence-corrected chi connectivity index (χ0v) is 23.7. The summed E-state index contributed by atoms with van der Waals surface area (Å²) < 4.78 is 47.3. The number of thiazole rings is 1. The van der Waals surface area contributed by atoms with Crippen LogP contribution < -0.4 is 15.5 Å². The number of rotatable bonds is 6. The standard InChI is InChI=1S/C27H27F3N8O3S/c1-16-4-5-17(10-22(16)38-15-21(34-35-38)23-14-31-25(42-23)33-26(40)41-3)24(39)32-19-11-18(27(28,29)30)12-20(13-19)37-8-6-36(2)7-9-37/h4-5,10-15H,6-9H2,1-3H3,(H,32,39)(H,31,33,40). The average molecular weight is 601 g/mol. The summed E-state index contributed by atoms with van der Waals surface area (Å²) in [6.45, 7) is 4.44. The number of amides is 2. The van der Waals surface area contributed by atoms with Gasteiger partial charge in [-0.15, -0.1) is 5.10 Å². The molecule has 0 atom stereocenters. The van der Waals surface area contributed by atoms with Gasteiger partial charge in [0.15, 0.2) is 5.13 Å². The molecule has 1 saturated heterocycles. The third-order valence-electron chi connectivity index (χ3n) is 6.74. The van der Waals surface area contributed by atoms with Crippen molar-refractivity contribution in [2.24, 2.45) is 0 Å². The predicted octanol–water partition coefficient (Wildman–Crippen LogP) is 4.90. The number of nitrogens with zero attached hydrogens (tertiary/aromatic N) is 6. The number of carbonyl (C=O) groups is 2. The number of benzene rings is 2. The maximum absolute atomic E-state index is 13.7. The van der Waals surface area contributed by atoms with Crippen LogP contribution in [0, 0.1) is 6.92 Å². The second-order valence-electron chi connectivity index (χ2n) is 9.71. The molecule has 3 heterocycles. The number of methoxy groups -OCH3 is 1. The molecule has 2 aromatic carbocycles. The van der Waals surface area contributed by atoms with E-state index in [2.05, 4.69) is 35.6 Å². The first-order valence-corrected chi connectivity index (χ1v) is 13.6. The fraction of sp³-hybridized carbons (Fsp3) is 0.296. The van der Waals surface area contributed by atoms with Crippen LogP contribution in [0.5, 0.6) is 0 Å². The summed E-state index contributed by atoms with van der Waals surface area (Å²) in [5.74, 6) is -0.568. The third kappa shape index (κ3) is 6.52. The molecule has 4 aromatic rings. The number of nitrogens with one attached hydrogen (secondary N) is 2. The minimum absolute atomic E-state index is 0.0514. The first-order chi connectivity index (χ1) is 20.0. The summed E-state index contributed by atoms with van der Waals surface area (Å²) in [4.78, 5) is 33.4. The molecule has 42 heavy (non-hydrogen) atoms. The van der Waals surface area contributed by atoms with E-state index in [4.69, 9.17) is 0 Å². The van der Waals surface area contributed by atoms with E-state index in [9.17, 15) is 22.8 Å². The highest BCUT2D eigenvalue weighted by Crippen LogP contribution is 2.35. The lowest BCUT2D eigenvalue weighted by atomic mass is 10.1. The van der Waals surface area contributed by atoms with E-state index in [-0.39, 0.29) is 11.3 Å². The molecule has 15 heteroatoms. The van der Waals surface area contributed by atoms with Gasteiger partial charge in [-0.1, -0.05) is 22.6 Å². The highest BCUT2D eigenvalue weighted by Gasteiger charge is 2.32. The van der Waals surface area contributed by atoms with E-state index < -0.39 is 23.7 Å². The summed E-state index contributed by atoms with van der Waals surface area (Å²) in [5, 5.41) is 13.8. The van der Waals surface area contributed by atoms with Gasteiger partial charge in [-0.3, -0.25) is 10.1 Å². The highest BCUT2D eigenvalue weighted by atomic mass is 32.1. The monoisotopic (exact) mass is 600 g/mol. The number of halogens is 3. The molecule has 5 rings (SSSR count). The number of aryl methyl sites for hydroxylation is 1. The maximum atomic E-state index is 13.7. The molecular weight excluding hydrogens is 573 g/mol. The van der Waals surface area contributed by atoms with Crippen molar-refractivity contribution >= 4 is 39.8 Å². The first-order valence-electron chi connectivity index (χ1n) is 12.8. The van der Waals surface area contributed by atoms with Crippen LogP contribution in [0.1, 0.15) is 21.5 Å². The Morgan fingerprint density at radius 3 is 2.52 bits per heavy atom. The molecule has 0 saturated carbocycles. The molecule has 2 amide bonds. The molecule has 220 valence electrons. The number of carbonyl (C=O) groups excluding carboxylic acids is 2. The topological polar surface area (TPSA) is 118 Å². The van der Waals surface area contributed by atoms with Crippen LogP contribution in [-0.4, -0.2) is 77.2 Å². The summed E-state index contributed by atoms with van der Waals surface area (Å²) in [5.41, 5.74) is 1.69. The molecule has 0 unspecified atom stereocenters. The van der Waals surface area contributed by atoms with Crippen LogP contribution in [0.2, 0.25) is 0 Å². The van der Waals surface area contributed by atoms with Crippen LogP contribution in [0.4, 0.5) is 34.5 Å². The lowest BCUT2D eigenvalue weighted by molar-refractivity contribution is -0.137. The lowest BCUT2D eigenvalue weighted by Crippen LogP contribution is -2.44. The van der Waals surface area contributed by atoms with Crippen molar-refractivity contribution in [1.82, 2.24) is 24.9 Å². The van der Waals surface area contributed by atoms with Gasteiger partial charge >= 0.3 is 12.3 Å². The van der Waals surface area contributed by atoms with Crippen LogP contribution in [0.3, 0.4) is 0 Å². The quantitative estimate of drug-likeness (QED) is 0.321. The van der Waals surface area contributed by atoms with Gasteiger partial charge in [-0.05, 0) is 49.9 Å². The zero-order chi connectivity index (χ0) is 30.0. The SMILES string of the molecule is COC(=O)Nc1ncc(-c2cn(-c3cc(C(=O)Nc4cc(N5CCN(C)CC5)cc(C(F)(F)F)c4)ccc3C)nn2)s1. The lowest BCUT2D eigenvalue weighted by Gasteiger charge is -2.34. The number of ether oxygens (including phenoxy) is 1. The Morgan fingerprint density at radius 1 is 1.05 bits per heavy atom. The molecule has 0 spiro atoms. The van der Waals surface area contributed by atoms with Gasteiger partial charge in [0.1, 0.15) is 5.69 Å². The Labute approximate surface area is 242 Å². The molecule has 1 aliphatic heterocycles. The fourth-order valence-electron chi connectivity index (χ4n) is 4.38. The molecule has 1 aliphatic rings. The maximum Gasteiger partial charge on any atom is 0.416 e. The Morgan fingerprint density at radius 2 is 1.81 bits per heavy atom. The van der Waals surface area contributed by atoms with E-state index >= 15 is 0 Å². The number of piperazine rings is 1. The van der Waals surface area contributed by atoms with Crippen molar-refractivity contribution in [3.8, 4) is 16.3 Å². The summed E-state index contributed by atoms with van der Waals surface area (Å²) >= 11 is 1.18. The van der Waals surface area contributed by atoms with Gasteiger partial charge in [-0.2, -0.15) is 13.2 Å². The van der Waals surface area contributed by atoms with E-state index in [1.165, 1.54) is 29.3 Å². The largest absolute Gasteiger partial charge is 0.453 e. The molecule has 11 nitrogen and oxygen atoms in total. The summed E-state index contributed by atoms with van der Waals surface area (Å²) in [6.07, 6.45) is -2.04. The van der Waals surface area contributed by atoms with E-state index in [1.807, 2.05) is 18.9 Å². The Balaban J connectivity index is 1.38. The Kier molecular flexibility index (Phi) is 8.13. The third-order valence-corrected chi connectivity index (χ3v) is 7.67. The van der Waals surface area contributed by atoms with Crippen molar-refractivity contribution in [3.63, 3.8) is 0 Å². The molecule has 0 aliphatic carbocycles. The number of anilines is 3. The predicted molar refractivity (Wildman–Crippen MR) is 152 cm³/mol. The molecule has 2 N–H and O–H groups in total. The number of hydrogen-bond donors (Lipinski definition) is 2. The minimum Gasteiger partial charge on any atom is -0.453 e. The van der Waals surface area contributed by atoms with Crippen LogP contribution in [0.15, 0.2) is 48.8 Å². The van der Waals surface area contributed by atoms with Crippen LogP contribution in [-0.2, 0) is 10.9 Å². The second kappa shape index (κ2) is 11.8. The van der Waals surface area contributed by atoms with Gasteiger partial charge < -0.3 is 19.9 Å². The first kappa shape index (κ1) is 29.0. The van der Waals surface area contributed by atoms with Crippen LogP contribution >= 0.6 is 11.3 Å². The van der Waals surface area contributed by atoms with Crippen molar-refractivity contribution in [1.29, 1.82) is 0 Å². The highest BCUT2D eigenvalue weighted by molar-refractivity contribution is 7.19. The molecule has 0 bridgehead atoms. The number of likely N-dealkylation sites (N-methyl/N-ethyl adjacent to an activating group) is 1. The molecule has 1 fully saturated rings. The smallest absolute Gasteiger partial charge is 0.416 e. The van der Waals surface area contributed by atoms with Gasteiger partial charge in [0, 0.05) is 49.3 Å². The second-order valence-corrected chi connectivity index (χ2v) is 10.7. The van der Waals surface area contributed by atoms with Gasteiger partial charge in [-0.25, -0.2) is 14.5 Å². The van der Waals surface area contributed by atoms with E-state index in [0.717, 1.165) is 30.8 Å². The van der Waals surface area contributed by atoms with E-state index in [0.29, 0.717) is 40.2 Å². The normalized spacial score (nSPS) is 14.1. The number of aromatic nitrogens is 4. The number of hydrogen-bond acceptors (Lipinski definition) is 9. The van der Waals surface area contributed by atoms with Gasteiger partial charge in [0.2, 0.25) is 0 Å². The van der Waals surface area contributed by atoms with Crippen molar-refractivity contribution < 1.29 is 27.5 Å². The van der Waals surface area contributed by atoms with Gasteiger partial charge in [0.25, 0.3) is 5.91 Å². The summed E-state index contributed by atoms with van der Waals surface area (Å²) in [6, 6.07) is 8.53.